The van der Waals surface area contributed by atoms with E-state index in [4.69, 9.17) is 0 Å². The van der Waals surface area contributed by atoms with Gasteiger partial charge < -0.3 is 5.11 Å². The second-order valence-electron chi connectivity index (χ2n) is 4.61. The van der Waals surface area contributed by atoms with Gasteiger partial charge in [0.25, 0.3) is 0 Å². The molecule has 0 aliphatic rings. The molecule has 1 aromatic carbocycles. The first kappa shape index (κ1) is 14.9. The van der Waals surface area contributed by atoms with E-state index in [1.807, 2.05) is 13.8 Å². The summed E-state index contributed by atoms with van der Waals surface area (Å²) in [5, 5.41) is 12.7. The van der Waals surface area contributed by atoms with Crippen LogP contribution in [0.5, 0.6) is 0 Å². The van der Waals surface area contributed by atoms with Gasteiger partial charge in [0.15, 0.2) is 0 Å². The lowest BCUT2D eigenvalue weighted by atomic mass is 10.1. The van der Waals surface area contributed by atoms with Crippen molar-refractivity contribution >= 4 is 15.7 Å². The SMILES string of the molecule is CC(C)N[C@@H](O)Cc1ccc(NS(C)(=O)=O)cc1. The van der Waals surface area contributed by atoms with Gasteiger partial charge in [-0.2, -0.15) is 0 Å². The summed E-state index contributed by atoms with van der Waals surface area (Å²) in [6.07, 6.45) is 0.993. The molecule has 0 unspecified atom stereocenters. The third kappa shape index (κ3) is 6.00. The highest BCUT2D eigenvalue weighted by Crippen LogP contribution is 2.12. The molecule has 0 saturated heterocycles. The maximum Gasteiger partial charge on any atom is 0.229 e. The minimum atomic E-state index is -3.24. The lowest BCUT2D eigenvalue weighted by molar-refractivity contribution is 0.127. The van der Waals surface area contributed by atoms with Gasteiger partial charge in [-0.25, -0.2) is 8.42 Å². The van der Waals surface area contributed by atoms with Crippen molar-refractivity contribution in [2.75, 3.05) is 11.0 Å². The molecule has 0 spiro atoms. The van der Waals surface area contributed by atoms with Gasteiger partial charge in [0, 0.05) is 18.2 Å². The molecule has 0 saturated carbocycles. The third-order valence-corrected chi connectivity index (χ3v) is 2.82. The number of aliphatic hydroxyl groups excluding tert-OH is 1. The second kappa shape index (κ2) is 6.17. The number of nitrogens with one attached hydrogen (secondary N) is 2. The topological polar surface area (TPSA) is 78.4 Å². The quantitative estimate of drug-likeness (QED) is 0.673. The van der Waals surface area contributed by atoms with Gasteiger partial charge >= 0.3 is 0 Å². The number of hydrogen-bond acceptors (Lipinski definition) is 4. The van der Waals surface area contributed by atoms with Gasteiger partial charge in [0.2, 0.25) is 10.0 Å². The Hall–Kier alpha value is -1.11. The molecule has 6 heteroatoms. The van der Waals surface area contributed by atoms with Crippen molar-refractivity contribution < 1.29 is 13.5 Å². The van der Waals surface area contributed by atoms with Crippen LogP contribution in [-0.2, 0) is 16.4 Å². The zero-order chi connectivity index (χ0) is 13.8. The van der Waals surface area contributed by atoms with Gasteiger partial charge in [0.05, 0.1) is 6.26 Å². The summed E-state index contributed by atoms with van der Waals surface area (Å²) in [6, 6.07) is 7.15. The van der Waals surface area contributed by atoms with Gasteiger partial charge in [-0.15, -0.1) is 0 Å². The maximum atomic E-state index is 11.0. The predicted octanol–water partition coefficient (Wildman–Crippen LogP) is 0.917. The molecule has 0 amide bonds. The van der Waals surface area contributed by atoms with Crippen molar-refractivity contribution in [2.45, 2.75) is 32.5 Å². The smallest absolute Gasteiger partial charge is 0.229 e. The molecule has 3 N–H and O–H groups in total. The Balaban J connectivity index is 2.60. The van der Waals surface area contributed by atoms with E-state index in [1.54, 1.807) is 24.3 Å². The first-order valence-corrected chi connectivity index (χ1v) is 7.66. The zero-order valence-corrected chi connectivity index (χ0v) is 11.7. The third-order valence-electron chi connectivity index (χ3n) is 2.21. The van der Waals surface area contributed by atoms with E-state index in [2.05, 4.69) is 10.0 Å². The van der Waals surface area contributed by atoms with Crippen molar-refractivity contribution in [2.24, 2.45) is 0 Å². The average molecular weight is 272 g/mol. The highest BCUT2D eigenvalue weighted by Gasteiger charge is 2.07. The van der Waals surface area contributed by atoms with Crippen LogP contribution in [0.1, 0.15) is 19.4 Å². The Morgan fingerprint density at radius 2 is 1.78 bits per heavy atom. The number of rotatable bonds is 6. The molecule has 0 aliphatic heterocycles. The Bertz CT molecular complexity index is 469. The highest BCUT2D eigenvalue weighted by atomic mass is 32.2. The van der Waals surface area contributed by atoms with E-state index in [0.29, 0.717) is 12.1 Å². The molecule has 18 heavy (non-hydrogen) atoms. The number of sulfonamides is 1. The van der Waals surface area contributed by atoms with Gasteiger partial charge in [-0.1, -0.05) is 12.1 Å². The molecule has 0 aliphatic carbocycles. The monoisotopic (exact) mass is 272 g/mol. The Morgan fingerprint density at radius 1 is 1.22 bits per heavy atom. The summed E-state index contributed by atoms with van der Waals surface area (Å²) in [5.41, 5.74) is 1.46. The molecule has 0 fully saturated rings. The number of aliphatic hydroxyl groups is 1. The summed E-state index contributed by atoms with van der Waals surface area (Å²) < 4.78 is 24.4. The van der Waals surface area contributed by atoms with Crippen molar-refractivity contribution in [3.8, 4) is 0 Å². The summed E-state index contributed by atoms with van der Waals surface area (Å²) in [6.45, 7) is 3.92. The first-order chi connectivity index (χ1) is 8.26. The molecule has 0 radical (unpaired) electrons. The van der Waals surface area contributed by atoms with Crippen LogP contribution in [-0.4, -0.2) is 32.0 Å². The molecule has 0 heterocycles. The lowest BCUT2D eigenvalue weighted by Crippen LogP contribution is -2.36. The van der Waals surface area contributed by atoms with Crippen molar-refractivity contribution in [3.05, 3.63) is 29.8 Å². The fourth-order valence-corrected chi connectivity index (χ4v) is 2.15. The van der Waals surface area contributed by atoms with Crippen LogP contribution >= 0.6 is 0 Å². The van der Waals surface area contributed by atoms with Crippen LogP contribution in [0.3, 0.4) is 0 Å². The van der Waals surface area contributed by atoms with E-state index in [9.17, 15) is 13.5 Å². The number of benzene rings is 1. The van der Waals surface area contributed by atoms with E-state index < -0.39 is 16.3 Å². The normalized spacial score (nSPS) is 13.6. The summed E-state index contributed by atoms with van der Waals surface area (Å²) >= 11 is 0. The minimum Gasteiger partial charge on any atom is -0.378 e. The Labute approximate surface area is 108 Å². The standard InChI is InChI=1S/C12H20N2O3S/c1-9(2)13-12(15)8-10-4-6-11(7-5-10)14-18(3,16)17/h4-7,9,12-15H,8H2,1-3H3/t12-/m0/s1. The van der Waals surface area contributed by atoms with Gasteiger partial charge in [0.1, 0.15) is 6.23 Å². The van der Waals surface area contributed by atoms with Crippen LogP contribution in [0.15, 0.2) is 24.3 Å². The maximum absolute atomic E-state index is 11.0. The number of hydrogen-bond donors (Lipinski definition) is 3. The average Bonchev–Trinajstić information content (AvgIpc) is 2.17. The van der Waals surface area contributed by atoms with Gasteiger partial charge in [-0.3, -0.25) is 10.0 Å². The Morgan fingerprint density at radius 3 is 2.22 bits per heavy atom. The molecule has 1 rings (SSSR count). The summed E-state index contributed by atoms with van der Waals surface area (Å²) in [4.78, 5) is 0. The zero-order valence-electron chi connectivity index (χ0n) is 10.8. The van der Waals surface area contributed by atoms with Gasteiger partial charge in [-0.05, 0) is 31.5 Å². The summed E-state index contributed by atoms with van der Waals surface area (Å²) in [7, 11) is -3.24. The molecule has 0 aromatic heterocycles. The van der Waals surface area contributed by atoms with E-state index in [1.165, 1.54) is 0 Å². The fraction of sp³-hybridized carbons (Fsp3) is 0.500. The van der Waals surface area contributed by atoms with Crippen LogP contribution in [0.25, 0.3) is 0 Å². The molecular weight excluding hydrogens is 252 g/mol. The van der Waals surface area contributed by atoms with E-state index in [-0.39, 0.29) is 6.04 Å². The second-order valence-corrected chi connectivity index (χ2v) is 6.36. The molecule has 1 atom stereocenters. The molecule has 5 nitrogen and oxygen atoms in total. The molecule has 0 bridgehead atoms. The van der Waals surface area contributed by atoms with Crippen LogP contribution in [0.4, 0.5) is 5.69 Å². The first-order valence-electron chi connectivity index (χ1n) is 5.77. The van der Waals surface area contributed by atoms with E-state index >= 15 is 0 Å². The van der Waals surface area contributed by atoms with Crippen molar-refractivity contribution in [1.82, 2.24) is 5.32 Å². The molecular formula is C12H20N2O3S. The largest absolute Gasteiger partial charge is 0.378 e. The summed E-state index contributed by atoms with van der Waals surface area (Å²) in [5.74, 6) is 0. The molecule has 102 valence electrons. The van der Waals surface area contributed by atoms with E-state index in [0.717, 1.165) is 11.8 Å². The fourth-order valence-electron chi connectivity index (χ4n) is 1.59. The highest BCUT2D eigenvalue weighted by molar-refractivity contribution is 7.92. The molecule has 1 aromatic rings. The van der Waals surface area contributed by atoms with Crippen molar-refractivity contribution in [3.63, 3.8) is 0 Å². The van der Waals surface area contributed by atoms with Crippen molar-refractivity contribution in [1.29, 1.82) is 0 Å². The van der Waals surface area contributed by atoms with Crippen LogP contribution < -0.4 is 10.0 Å². The van der Waals surface area contributed by atoms with Crippen LogP contribution in [0, 0.1) is 0 Å². The minimum absolute atomic E-state index is 0.214. The predicted molar refractivity (Wildman–Crippen MR) is 72.9 cm³/mol. The Kier molecular flexibility index (Phi) is 5.13. The number of anilines is 1. The lowest BCUT2D eigenvalue weighted by Gasteiger charge is -2.15. The van der Waals surface area contributed by atoms with Crippen LogP contribution in [0.2, 0.25) is 0 Å².